The summed E-state index contributed by atoms with van der Waals surface area (Å²) in [4.78, 5) is 5.33. The van der Waals surface area contributed by atoms with Gasteiger partial charge in [-0.2, -0.15) is 0 Å². The molecule has 5 nitrogen and oxygen atoms in total. The van der Waals surface area contributed by atoms with Crippen molar-refractivity contribution in [3.8, 4) is 5.75 Å². The van der Waals surface area contributed by atoms with Crippen molar-refractivity contribution in [1.29, 1.82) is 0 Å². The summed E-state index contributed by atoms with van der Waals surface area (Å²) in [5.41, 5.74) is 1.64. The number of benzene rings is 1. The van der Waals surface area contributed by atoms with Crippen LogP contribution in [0.1, 0.15) is 57.9 Å². The van der Waals surface area contributed by atoms with E-state index in [2.05, 4.69) is 11.6 Å². The number of hydrogen-bond donors (Lipinski definition) is 1. The van der Waals surface area contributed by atoms with E-state index in [1.54, 1.807) is 31.4 Å². The highest BCUT2D eigenvalue weighted by Gasteiger charge is 2.53. The number of hydrogen-bond acceptors (Lipinski definition) is 4. The van der Waals surface area contributed by atoms with E-state index in [0.717, 1.165) is 17.8 Å². The Bertz CT molecular complexity index is 956. The Morgan fingerprint density at radius 1 is 1.07 bits per heavy atom. The largest absolute Gasteiger partial charge is 0.497 e. The van der Waals surface area contributed by atoms with Crippen molar-refractivity contribution in [2.45, 2.75) is 58.4 Å². The van der Waals surface area contributed by atoms with Crippen LogP contribution in [-0.2, 0) is 10.0 Å². The molecular weight excluding hydrogens is 384 g/mol. The normalized spacial score (nSPS) is 37.1. The molecule has 4 bridgehead atoms. The van der Waals surface area contributed by atoms with Crippen molar-refractivity contribution < 1.29 is 13.2 Å². The molecule has 1 atom stereocenters. The van der Waals surface area contributed by atoms with Crippen LogP contribution in [0.4, 0.5) is 0 Å². The summed E-state index contributed by atoms with van der Waals surface area (Å²) in [5.74, 6) is 3.81. The van der Waals surface area contributed by atoms with E-state index in [9.17, 15) is 8.42 Å². The molecule has 1 N–H and O–H groups in total. The first-order chi connectivity index (χ1) is 13.8. The quantitative estimate of drug-likeness (QED) is 0.796. The van der Waals surface area contributed by atoms with Crippen LogP contribution in [0.25, 0.3) is 4.91 Å². The Morgan fingerprint density at radius 2 is 1.62 bits per heavy atom. The predicted octanol–water partition coefficient (Wildman–Crippen LogP) is 4.36. The minimum atomic E-state index is -3.60. The van der Waals surface area contributed by atoms with E-state index in [1.165, 1.54) is 38.5 Å². The fourth-order valence-corrected chi connectivity index (χ4v) is 8.33. The fourth-order valence-electron chi connectivity index (χ4n) is 6.82. The maximum Gasteiger partial charge on any atom is 0.264 e. The first-order valence-corrected chi connectivity index (χ1v) is 12.2. The molecular formula is C23H30N2O3S. The van der Waals surface area contributed by atoms with Crippen LogP contribution in [0.3, 0.4) is 0 Å². The molecule has 4 saturated carbocycles. The predicted molar refractivity (Wildman–Crippen MR) is 115 cm³/mol. The highest BCUT2D eigenvalue weighted by Crippen LogP contribution is 2.61. The lowest BCUT2D eigenvalue weighted by Gasteiger charge is -2.58. The standard InChI is InChI=1S/C23H30N2O3S/c1-14-21(19-4-6-20(28-3)7-5-19)29(26,27)25-22(14)24-15(2)23-11-16-8-17(12-23)10-18(9-16)13-23/h4-7,15-18H,8-13H2,1-3H3,(H,24,25)/t15-,16?,17?,18?,23?/m0/s1. The Morgan fingerprint density at radius 3 is 2.14 bits per heavy atom. The third-order valence-electron chi connectivity index (χ3n) is 7.84. The Labute approximate surface area is 173 Å². The third kappa shape index (κ3) is 3.11. The van der Waals surface area contributed by atoms with Crippen LogP contribution in [0.2, 0.25) is 0 Å². The van der Waals surface area contributed by atoms with Gasteiger partial charge in [0.15, 0.2) is 0 Å². The third-order valence-corrected chi connectivity index (χ3v) is 9.38. The summed E-state index contributed by atoms with van der Waals surface area (Å²) in [5, 5.41) is 0. The Balaban J connectivity index is 1.48. The molecule has 0 saturated heterocycles. The second-order valence-electron chi connectivity index (χ2n) is 9.72. The van der Waals surface area contributed by atoms with Gasteiger partial charge in [-0.1, -0.05) is 0 Å². The van der Waals surface area contributed by atoms with Gasteiger partial charge in [0.1, 0.15) is 16.5 Å². The molecule has 29 heavy (non-hydrogen) atoms. The minimum absolute atomic E-state index is 0.138. The number of aliphatic imine (C=N–C) groups is 1. The monoisotopic (exact) mass is 414 g/mol. The summed E-state index contributed by atoms with van der Waals surface area (Å²) in [6, 6.07) is 7.31. The minimum Gasteiger partial charge on any atom is -0.497 e. The molecule has 5 aliphatic rings. The van der Waals surface area contributed by atoms with Crippen LogP contribution in [0.15, 0.2) is 34.8 Å². The Hall–Kier alpha value is -1.82. The zero-order chi connectivity index (χ0) is 20.4. The lowest BCUT2D eigenvalue weighted by atomic mass is 9.48. The molecule has 156 valence electrons. The van der Waals surface area contributed by atoms with Crippen LogP contribution in [-0.4, -0.2) is 27.4 Å². The number of methoxy groups -OCH3 is 1. The van der Waals surface area contributed by atoms with E-state index in [4.69, 9.17) is 9.73 Å². The van der Waals surface area contributed by atoms with Crippen molar-refractivity contribution in [2.24, 2.45) is 28.2 Å². The summed E-state index contributed by atoms with van der Waals surface area (Å²) in [6.45, 7) is 4.06. The maximum absolute atomic E-state index is 12.9. The van der Waals surface area contributed by atoms with Crippen molar-refractivity contribution in [3.63, 3.8) is 0 Å². The molecule has 0 spiro atoms. The second-order valence-corrected chi connectivity index (χ2v) is 11.3. The summed E-state index contributed by atoms with van der Waals surface area (Å²) in [7, 11) is -2.00. The van der Waals surface area contributed by atoms with Gasteiger partial charge in [0.05, 0.1) is 13.2 Å². The first-order valence-electron chi connectivity index (χ1n) is 10.8. The zero-order valence-electron chi connectivity index (χ0n) is 17.4. The van der Waals surface area contributed by atoms with Crippen LogP contribution >= 0.6 is 0 Å². The second kappa shape index (κ2) is 6.59. The van der Waals surface area contributed by atoms with Gasteiger partial charge in [0.2, 0.25) is 0 Å². The van der Waals surface area contributed by atoms with E-state index in [-0.39, 0.29) is 11.5 Å². The van der Waals surface area contributed by atoms with Crippen LogP contribution in [0, 0.1) is 23.2 Å². The van der Waals surface area contributed by atoms with Gasteiger partial charge in [-0.3, -0.25) is 9.71 Å². The van der Waals surface area contributed by atoms with Crippen molar-refractivity contribution >= 4 is 20.8 Å². The van der Waals surface area contributed by atoms with Gasteiger partial charge < -0.3 is 4.74 Å². The number of amidine groups is 1. The van der Waals surface area contributed by atoms with Gasteiger partial charge in [0, 0.05) is 5.57 Å². The fraction of sp³-hybridized carbons (Fsp3) is 0.609. The lowest BCUT2D eigenvalue weighted by molar-refractivity contribution is -0.0633. The van der Waals surface area contributed by atoms with Gasteiger partial charge >= 0.3 is 0 Å². The van der Waals surface area contributed by atoms with Gasteiger partial charge in [0.25, 0.3) is 10.0 Å². The molecule has 0 amide bonds. The van der Waals surface area contributed by atoms with Gasteiger partial charge in [-0.15, -0.1) is 0 Å². The summed E-state index contributed by atoms with van der Waals surface area (Å²) in [6.07, 6.45) is 7.98. The average molecular weight is 415 g/mol. The van der Waals surface area contributed by atoms with Crippen LogP contribution in [0.5, 0.6) is 5.75 Å². The molecule has 6 rings (SSSR count). The number of ether oxygens (including phenoxy) is 1. The molecule has 4 fully saturated rings. The molecule has 0 radical (unpaired) electrons. The van der Waals surface area contributed by atoms with E-state index in [1.807, 2.05) is 6.92 Å². The van der Waals surface area contributed by atoms with Crippen molar-refractivity contribution in [3.05, 3.63) is 35.4 Å². The summed E-state index contributed by atoms with van der Waals surface area (Å²) >= 11 is 0. The highest BCUT2D eigenvalue weighted by atomic mass is 32.2. The molecule has 1 aromatic rings. The van der Waals surface area contributed by atoms with Crippen LogP contribution < -0.4 is 9.46 Å². The van der Waals surface area contributed by atoms with E-state index < -0.39 is 10.0 Å². The van der Waals surface area contributed by atoms with Gasteiger partial charge in [-0.25, -0.2) is 8.42 Å². The zero-order valence-corrected chi connectivity index (χ0v) is 18.3. The molecule has 6 heteroatoms. The number of rotatable bonds is 4. The SMILES string of the molecule is COc1ccc(C2=C(C)C(=N[C@@H](C)C34CC5CC(CC(C5)C3)C4)NS2(=O)=O)cc1. The first kappa shape index (κ1) is 19.2. The molecule has 4 aliphatic carbocycles. The molecule has 1 aromatic carbocycles. The molecule has 1 heterocycles. The smallest absolute Gasteiger partial charge is 0.264 e. The maximum atomic E-state index is 12.9. The van der Waals surface area contributed by atoms with E-state index in [0.29, 0.717) is 27.6 Å². The summed E-state index contributed by atoms with van der Waals surface area (Å²) < 4.78 is 33.7. The Kier molecular flexibility index (Phi) is 4.36. The molecule has 1 aliphatic heterocycles. The average Bonchev–Trinajstić information content (AvgIpc) is 2.89. The van der Waals surface area contributed by atoms with Crippen molar-refractivity contribution in [1.82, 2.24) is 4.72 Å². The van der Waals surface area contributed by atoms with Crippen molar-refractivity contribution in [2.75, 3.05) is 7.11 Å². The number of nitrogens with zero attached hydrogens (tertiary/aromatic N) is 1. The lowest BCUT2D eigenvalue weighted by Crippen LogP contribution is -2.50. The molecule has 0 unspecified atom stereocenters. The topological polar surface area (TPSA) is 67.8 Å². The molecule has 0 aromatic heterocycles. The highest BCUT2D eigenvalue weighted by molar-refractivity contribution is 8.00. The van der Waals surface area contributed by atoms with Gasteiger partial charge in [-0.05, 0) is 105 Å². The number of sulfonamides is 1. The van der Waals surface area contributed by atoms with E-state index >= 15 is 0 Å². The number of nitrogens with one attached hydrogen (secondary N) is 1.